The van der Waals surface area contributed by atoms with Crippen molar-refractivity contribution in [1.29, 1.82) is 0 Å². The number of fused-ring (bicyclic) bond motifs is 2. The van der Waals surface area contributed by atoms with Gasteiger partial charge in [-0.1, -0.05) is 12.1 Å². The van der Waals surface area contributed by atoms with E-state index in [0.29, 0.717) is 5.82 Å². The van der Waals surface area contributed by atoms with Gasteiger partial charge in [0.2, 0.25) is 0 Å². The van der Waals surface area contributed by atoms with Gasteiger partial charge in [0, 0.05) is 21.4 Å². The van der Waals surface area contributed by atoms with Gasteiger partial charge < -0.3 is 4.98 Å². The molecule has 6 rings (SSSR count). The number of rotatable bonds is 3. The number of hydrogen-bond donors (Lipinski definition) is 2. The first-order chi connectivity index (χ1) is 15.1. The van der Waals surface area contributed by atoms with Crippen LogP contribution >= 0.6 is 11.3 Å². The summed E-state index contributed by atoms with van der Waals surface area (Å²) >= 11 is 1.78. The maximum Gasteiger partial charge on any atom is 0.196 e. The highest BCUT2D eigenvalue weighted by atomic mass is 32.1. The smallest absolute Gasteiger partial charge is 0.196 e. The molecule has 1 aromatic carbocycles. The molecule has 0 radical (unpaired) electrons. The Hall–Kier alpha value is -3.78. The zero-order valence-corrected chi connectivity index (χ0v) is 18.2. The first-order valence-corrected chi connectivity index (χ1v) is 10.8. The molecule has 0 saturated carbocycles. The van der Waals surface area contributed by atoms with Crippen molar-refractivity contribution in [2.45, 2.75) is 6.92 Å². The van der Waals surface area contributed by atoms with E-state index in [4.69, 9.17) is 9.97 Å². The lowest BCUT2D eigenvalue weighted by Gasteiger charge is -2.00. The Balaban J connectivity index is 1.52. The molecule has 6 aromatic rings. The molecular formula is C23H20N7S+. The van der Waals surface area contributed by atoms with E-state index in [0.717, 1.165) is 44.7 Å². The number of aryl methyl sites for hydroxylation is 2. The zero-order valence-electron chi connectivity index (χ0n) is 17.3. The number of H-pyrrole nitrogens is 2. The minimum atomic E-state index is 0.712. The van der Waals surface area contributed by atoms with E-state index in [9.17, 15) is 0 Å². The Morgan fingerprint density at radius 3 is 2.65 bits per heavy atom. The topological polar surface area (TPSA) is 79.1 Å². The van der Waals surface area contributed by atoms with Crippen LogP contribution < -0.4 is 4.68 Å². The summed E-state index contributed by atoms with van der Waals surface area (Å²) in [5.74, 6) is 0.712. The quantitative estimate of drug-likeness (QED) is 0.413. The van der Waals surface area contributed by atoms with Crippen LogP contribution in [-0.2, 0) is 14.1 Å². The van der Waals surface area contributed by atoms with E-state index in [2.05, 4.69) is 57.1 Å². The third kappa shape index (κ3) is 2.79. The lowest BCUT2D eigenvalue weighted by molar-refractivity contribution is -0.750. The fourth-order valence-corrected chi connectivity index (χ4v) is 4.83. The molecule has 0 aliphatic rings. The predicted octanol–water partition coefficient (Wildman–Crippen LogP) is 4.37. The van der Waals surface area contributed by atoms with Crippen molar-refractivity contribution < 1.29 is 4.68 Å². The molecule has 7 nitrogen and oxygen atoms in total. The minimum Gasteiger partial charge on any atom is -0.336 e. The number of para-hydroxylation sites is 1. The Kier molecular flexibility index (Phi) is 3.85. The molecule has 0 atom stereocenters. The fraction of sp³-hybridized carbons (Fsp3) is 0.130. The van der Waals surface area contributed by atoms with Gasteiger partial charge in [-0.2, -0.15) is 9.78 Å². The molecule has 0 amide bonds. The molecule has 5 aromatic heterocycles. The number of aromatic nitrogens is 7. The monoisotopic (exact) mass is 426 g/mol. The molecule has 5 heterocycles. The van der Waals surface area contributed by atoms with Crippen LogP contribution in [0.15, 0.2) is 54.7 Å². The molecule has 0 aliphatic carbocycles. The maximum atomic E-state index is 4.93. The van der Waals surface area contributed by atoms with Crippen LogP contribution in [0.3, 0.4) is 0 Å². The summed E-state index contributed by atoms with van der Waals surface area (Å²) < 4.78 is 4.08. The van der Waals surface area contributed by atoms with Gasteiger partial charge >= 0.3 is 0 Å². The molecule has 0 saturated heterocycles. The first kappa shape index (κ1) is 18.0. The lowest BCUT2D eigenvalue weighted by atomic mass is 10.1. The van der Waals surface area contributed by atoms with E-state index in [1.807, 2.05) is 43.2 Å². The van der Waals surface area contributed by atoms with E-state index in [1.54, 1.807) is 11.3 Å². The molecule has 8 heteroatoms. The Labute approximate surface area is 182 Å². The van der Waals surface area contributed by atoms with Gasteiger partial charge in [-0.15, -0.1) is 16.0 Å². The van der Waals surface area contributed by atoms with Crippen molar-refractivity contribution in [3.8, 4) is 33.3 Å². The van der Waals surface area contributed by atoms with Gasteiger partial charge in [0.05, 0.1) is 29.3 Å². The fourth-order valence-electron chi connectivity index (χ4n) is 3.94. The summed E-state index contributed by atoms with van der Waals surface area (Å²) in [4.78, 5) is 15.8. The molecule has 0 bridgehead atoms. The van der Waals surface area contributed by atoms with Crippen LogP contribution in [0.5, 0.6) is 0 Å². The number of imidazole rings is 1. The number of thiophene rings is 1. The largest absolute Gasteiger partial charge is 0.336 e. The van der Waals surface area contributed by atoms with Crippen LogP contribution in [0.4, 0.5) is 0 Å². The van der Waals surface area contributed by atoms with Crippen molar-refractivity contribution in [3.63, 3.8) is 0 Å². The van der Waals surface area contributed by atoms with Crippen molar-refractivity contribution in [3.05, 3.63) is 59.6 Å². The van der Waals surface area contributed by atoms with Gasteiger partial charge in [-0.25, -0.2) is 9.97 Å². The van der Waals surface area contributed by atoms with Crippen LogP contribution in [-0.4, -0.2) is 29.8 Å². The van der Waals surface area contributed by atoms with Gasteiger partial charge in [-0.05, 0) is 37.3 Å². The first-order valence-electron chi connectivity index (χ1n) is 10.0. The lowest BCUT2D eigenvalue weighted by Crippen LogP contribution is -2.36. The third-order valence-electron chi connectivity index (χ3n) is 5.68. The van der Waals surface area contributed by atoms with Crippen LogP contribution in [0.1, 0.15) is 4.88 Å². The average Bonchev–Trinajstić information content (AvgIpc) is 3.54. The number of nitrogens with one attached hydrogen (secondary N) is 2. The third-order valence-corrected chi connectivity index (χ3v) is 6.72. The van der Waals surface area contributed by atoms with E-state index < -0.39 is 0 Å². The van der Waals surface area contributed by atoms with Crippen molar-refractivity contribution in [2.24, 2.45) is 14.1 Å². The number of benzene rings is 1. The van der Waals surface area contributed by atoms with Crippen molar-refractivity contribution >= 4 is 33.4 Å². The zero-order chi connectivity index (χ0) is 21.1. The van der Waals surface area contributed by atoms with E-state index >= 15 is 0 Å². The minimum absolute atomic E-state index is 0.712. The van der Waals surface area contributed by atoms with Gasteiger partial charge in [0.15, 0.2) is 24.8 Å². The Morgan fingerprint density at radius 1 is 0.968 bits per heavy atom. The van der Waals surface area contributed by atoms with Crippen molar-refractivity contribution in [2.75, 3.05) is 0 Å². The second-order valence-corrected chi connectivity index (χ2v) is 8.95. The highest BCUT2D eigenvalue weighted by molar-refractivity contribution is 7.15. The second-order valence-electron chi connectivity index (χ2n) is 7.66. The molecular weight excluding hydrogens is 406 g/mol. The SMILES string of the molecule is Cc1ccc(-c2cccc3[nH]c(-c4n[nH]c5ccc(-c6cc[n+](C)n6C)nc45)nc23)s1. The number of pyridine rings is 1. The molecule has 0 spiro atoms. The maximum absolute atomic E-state index is 4.93. The van der Waals surface area contributed by atoms with Crippen LogP contribution in [0.25, 0.3) is 55.4 Å². The summed E-state index contributed by atoms with van der Waals surface area (Å²) in [5.41, 5.74) is 7.39. The number of nitrogens with zero attached hydrogens (tertiary/aromatic N) is 5. The molecule has 0 aliphatic heterocycles. The average molecular weight is 427 g/mol. The highest BCUT2D eigenvalue weighted by Gasteiger charge is 2.18. The van der Waals surface area contributed by atoms with Gasteiger partial charge in [0.25, 0.3) is 0 Å². The highest BCUT2D eigenvalue weighted by Crippen LogP contribution is 2.34. The number of aromatic amines is 2. The molecule has 31 heavy (non-hydrogen) atoms. The van der Waals surface area contributed by atoms with Crippen LogP contribution in [0, 0.1) is 6.92 Å². The van der Waals surface area contributed by atoms with Gasteiger partial charge in [-0.3, -0.25) is 5.10 Å². The molecule has 2 N–H and O–H groups in total. The number of hydrogen-bond acceptors (Lipinski definition) is 4. The normalized spacial score (nSPS) is 11.7. The summed E-state index contributed by atoms with van der Waals surface area (Å²) in [5, 5.41) is 7.64. The van der Waals surface area contributed by atoms with Gasteiger partial charge in [0.1, 0.15) is 11.2 Å². The second kappa shape index (κ2) is 6.61. The summed E-state index contributed by atoms with van der Waals surface area (Å²) in [6.45, 7) is 2.12. The van der Waals surface area contributed by atoms with Crippen molar-refractivity contribution in [1.82, 2.24) is 29.8 Å². The van der Waals surface area contributed by atoms with E-state index in [1.165, 1.54) is 9.75 Å². The Morgan fingerprint density at radius 2 is 1.87 bits per heavy atom. The molecule has 152 valence electrons. The molecule has 0 fully saturated rings. The van der Waals surface area contributed by atoms with Crippen LogP contribution in [0.2, 0.25) is 0 Å². The molecule has 0 unspecified atom stereocenters. The standard InChI is InChI=1S/C23H19N7S/c1-13-7-10-19(31-13)14-5-4-6-16-20(14)26-23(25-16)22-21-17(27-28-22)9-8-15(24-21)18-11-12-29(2)30(18)3/h4-12H,1-3H3,(H,24,25,26,28)/p+1. The Bertz CT molecular complexity index is 1580. The predicted molar refractivity (Wildman–Crippen MR) is 123 cm³/mol. The van der Waals surface area contributed by atoms with E-state index in [-0.39, 0.29) is 0 Å². The summed E-state index contributed by atoms with van der Waals surface area (Å²) in [6.07, 6.45) is 2.02. The summed E-state index contributed by atoms with van der Waals surface area (Å²) in [7, 11) is 4.02. The summed E-state index contributed by atoms with van der Waals surface area (Å²) in [6, 6.07) is 16.6.